The minimum absolute atomic E-state index is 0.0513. The van der Waals surface area contributed by atoms with Gasteiger partial charge in [-0.05, 0) is 40.3 Å². The molecule has 94 valence electrons. The number of carbonyl (C=O) groups excluding carboxylic acids is 1. The van der Waals surface area contributed by atoms with E-state index in [9.17, 15) is 4.79 Å². The van der Waals surface area contributed by atoms with Crippen LogP contribution in [0.2, 0.25) is 0 Å². The molecule has 0 aliphatic rings. The maximum atomic E-state index is 11.5. The summed E-state index contributed by atoms with van der Waals surface area (Å²) in [5, 5.41) is 2.99. The summed E-state index contributed by atoms with van der Waals surface area (Å²) in [4.78, 5) is 13.9. The Bertz CT molecular complexity index is 242. The number of amides is 1. The van der Waals surface area contributed by atoms with E-state index in [1.807, 2.05) is 0 Å². The van der Waals surface area contributed by atoms with E-state index in [1.165, 1.54) is 0 Å². The van der Waals surface area contributed by atoms with Crippen molar-refractivity contribution in [2.45, 2.75) is 46.6 Å². The van der Waals surface area contributed by atoms with E-state index in [0.29, 0.717) is 5.57 Å². The van der Waals surface area contributed by atoms with Crippen molar-refractivity contribution in [3.8, 4) is 0 Å². The fourth-order valence-electron chi connectivity index (χ4n) is 1.45. The van der Waals surface area contributed by atoms with Gasteiger partial charge in [-0.3, -0.25) is 4.79 Å². The Hall–Kier alpha value is -0.830. The highest BCUT2D eigenvalue weighted by Gasteiger charge is 2.20. The van der Waals surface area contributed by atoms with E-state index in [4.69, 9.17) is 0 Å². The number of nitrogens with zero attached hydrogens (tertiary/aromatic N) is 1. The zero-order valence-corrected chi connectivity index (χ0v) is 11.4. The molecule has 3 heteroatoms. The van der Waals surface area contributed by atoms with Crippen molar-refractivity contribution >= 4 is 5.91 Å². The fraction of sp³-hybridized carbons (Fsp3) is 0.769. The van der Waals surface area contributed by atoms with Crippen LogP contribution in [0.25, 0.3) is 0 Å². The van der Waals surface area contributed by atoms with Gasteiger partial charge in [0.25, 0.3) is 0 Å². The largest absolute Gasteiger partial charge is 0.347 e. The molecule has 1 N–H and O–H groups in total. The summed E-state index contributed by atoms with van der Waals surface area (Å²) < 4.78 is 0. The second-order valence-corrected chi connectivity index (χ2v) is 4.90. The van der Waals surface area contributed by atoms with Crippen molar-refractivity contribution < 1.29 is 4.79 Å². The lowest BCUT2D eigenvalue weighted by Gasteiger charge is -2.29. The first-order valence-electron chi connectivity index (χ1n) is 6.02. The molecule has 0 bridgehead atoms. The lowest BCUT2D eigenvalue weighted by molar-refractivity contribution is -0.119. The van der Waals surface area contributed by atoms with Gasteiger partial charge in [-0.1, -0.05) is 20.4 Å². The molecular formula is C13H26N2O. The highest BCUT2D eigenvalue weighted by Crippen LogP contribution is 2.10. The molecule has 16 heavy (non-hydrogen) atoms. The van der Waals surface area contributed by atoms with Crippen LogP contribution in [-0.4, -0.2) is 36.0 Å². The smallest absolute Gasteiger partial charge is 0.246 e. The first kappa shape index (κ1) is 15.2. The molecule has 0 saturated heterocycles. The molecule has 0 aromatic heterocycles. The van der Waals surface area contributed by atoms with Gasteiger partial charge in [-0.2, -0.15) is 0 Å². The normalized spacial score (nSPS) is 11.6. The quantitative estimate of drug-likeness (QED) is 0.675. The van der Waals surface area contributed by atoms with Gasteiger partial charge in [-0.25, -0.2) is 0 Å². The lowest BCUT2D eigenvalue weighted by atomic mass is 9.99. The van der Waals surface area contributed by atoms with Crippen LogP contribution in [-0.2, 0) is 4.79 Å². The summed E-state index contributed by atoms with van der Waals surface area (Å²) >= 11 is 0. The zero-order chi connectivity index (χ0) is 12.8. The van der Waals surface area contributed by atoms with Crippen LogP contribution in [0.4, 0.5) is 0 Å². The van der Waals surface area contributed by atoms with Crippen LogP contribution in [0, 0.1) is 0 Å². The maximum absolute atomic E-state index is 11.5. The number of hydrogen-bond acceptors (Lipinski definition) is 2. The minimum atomic E-state index is -0.168. The molecule has 0 aromatic rings. The van der Waals surface area contributed by atoms with Crippen LogP contribution in [0.3, 0.4) is 0 Å². The number of carbonyl (C=O) groups is 1. The van der Waals surface area contributed by atoms with E-state index >= 15 is 0 Å². The predicted octanol–water partition coefficient (Wildman–Crippen LogP) is 2.19. The second kappa shape index (κ2) is 6.69. The highest BCUT2D eigenvalue weighted by molar-refractivity contribution is 5.92. The van der Waals surface area contributed by atoms with E-state index in [0.717, 1.165) is 26.1 Å². The Labute approximate surface area is 99.9 Å². The van der Waals surface area contributed by atoms with Crippen molar-refractivity contribution in [3.63, 3.8) is 0 Å². The summed E-state index contributed by atoms with van der Waals surface area (Å²) in [7, 11) is 0. The van der Waals surface area contributed by atoms with Gasteiger partial charge in [0.05, 0.1) is 0 Å². The average molecular weight is 226 g/mol. The predicted molar refractivity (Wildman–Crippen MR) is 69.4 cm³/mol. The number of nitrogens with one attached hydrogen (secondary N) is 1. The van der Waals surface area contributed by atoms with Gasteiger partial charge in [0.2, 0.25) is 5.91 Å². The Morgan fingerprint density at radius 1 is 1.31 bits per heavy atom. The molecule has 0 aliphatic carbocycles. The fourth-order valence-corrected chi connectivity index (χ4v) is 1.45. The molecule has 0 aliphatic heterocycles. The summed E-state index contributed by atoms with van der Waals surface area (Å²) in [6.45, 7) is 16.9. The average Bonchev–Trinajstić information content (AvgIpc) is 2.18. The van der Waals surface area contributed by atoms with Crippen molar-refractivity contribution in [3.05, 3.63) is 12.2 Å². The molecule has 0 saturated carbocycles. The summed E-state index contributed by atoms with van der Waals surface area (Å²) in [5.41, 5.74) is 0.398. The topological polar surface area (TPSA) is 32.3 Å². The minimum Gasteiger partial charge on any atom is -0.347 e. The molecular weight excluding hydrogens is 200 g/mol. The third-order valence-corrected chi connectivity index (χ3v) is 2.79. The highest BCUT2D eigenvalue weighted by atomic mass is 16.1. The Morgan fingerprint density at radius 3 is 2.19 bits per heavy atom. The van der Waals surface area contributed by atoms with Gasteiger partial charge >= 0.3 is 0 Å². The van der Waals surface area contributed by atoms with Crippen LogP contribution in [0.5, 0.6) is 0 Å². The van der Waals surface area contributed by atoms with Crippen molar-refractivity contribution in [1.29, 1.82) is 0 Å². The Balaban J connectivity index is 4.13. The monoisotopic (exact) mass is 226 g/mol. The van der Waals surface area contributed by atoms with Gasteiger partial charge < -0.3 is 10.2 Å². The zero-order valence-electron chi connectivity index (χ0n) is 11.4. The SMILES string of the molecule is C=C(C)C(=O)NC(C)(C)CCN(CC)CC. The number of hydrogen-bond donors (Lipinski definition) is 1. The Kier molecular flexibility index (Phi) is 6.34. The molecule has 0 heterocycles. The van der Waals surface area contributed by atoms with E-state index in [-0.39, 0.29) is 11.4 Å². The van der Waals surface area contributed by atoms with Crippen LogP contribution >= 0.6 is 0 Å². The molecule has 0 unspecified atom stereocenters. The summed E-state index contributed by atoms with van der Waals surface area (Å²) in [5.74, 6) is -0.0513. The lowest BCUT2D eigenvalue weighted by Crippen LogP contribution is -2.45. The molecule has 3 nitrogen and oxygen atoms in total. The number of rotatable bonds is 7. The van der Waals surface area contributed by atoms with E-state index in [2.05, 4.69) is 44.5 Å². The summed E-state index contributed by atoms with van der Waals surface area (Å²) in [6.07, 6.45) is 0.952. The first-order valence-corrected chi connectivity index (χ1v) is 6.02. The molecule has 0 spiro atoms. The molecule has 0 atom stereocenters. The third-order valence-electron chi connectivity index (χ3n) is 2.79. The standard InChI is InChI=1S/C13H26N2O/c1-7-15(8-2)10-9-13(5,6)14-12(16)11(3)4/h3,7-10H2,1-2,4-6H3,(H,14,16). The first-order chi connectivity index (χ1) is 7.32. The molecule has 0 radical (unpaired) electrons. The van der Waals surface area contributed by atoms with Crippen LogP contribution in [0.1, 0.15) is 41.0 Å². The Morgan fingerprint density at radius 2 is 1.81 bits per heavy atom. The summed E-state index contributed by atoms with van der Waals surface area (Å²) in [6, 6.07) is 0. The molecule has 0 rings (SSSR count). The van der Waals surface area contributed by atoms with Crippen LogP contribution < -0.4 is 5.32 Å². The van der Waals surface area contributed by atoms with E-state index in [1.54, 1.807) is 6.92 Å². The van der Waals surface area contributed by atoms with Crippen molar-refractivity contribution in [2.24, 2.45) is 0 Å². The van der Waals surface area contributed by atoms with Gasteiger partial charge in [-0.15, -0.1) is 0 Å². The molecule has 0 aromatic carbocycles. The molecule has 0 fully saturated rings. The van der Waals surface area contributed by atoms with Gasteiger partial charge in [0.15, 0.2) is 0 Å². The van der Waals surface area contributed by atoms with E-state index < -0.39 is 0 Å². The molecule has 1 amide bonds. The second-order valence-electron chi connectivity index (χ2n) is 4.90. The van der Waals surface area contributed by atoms with Gasteiger partial charge in [0.1, 0.15) is 0 Å². The van der Waals surface area contributed by atoms with Crippen molar-refractivity contribution in [1.82, 2.24) is 10.2 Å². The third kappa shape index (κ3) is 5.91. The maximum Gasteiger partial charge on any atom is 0.246 e. The van der Waals surface area contributed by atoms with Gasteiger partial charge in [0, 0.05) is 17.7 Å². The van der Waals surface area contributed by atoms with Crippen molar-refractivity contribution in [2.75, 3.05) is 19.6 Å². The van der Waals surface area contributed by atoms with Crippen LogP contribution in [0.15, 0.2) is 12.2 Å².